The first kappa shape index (κ1) is 13.6. The minimum Gasteiger partial charge on any atom is -0.391 e. The van der Waals surface area contributed by atoms with Gasteiger partial charge in [0.25, 0.3) is 0 Å². The fourth-order valence-corrected chi connectivity index (χ4v) is 2.13. The van der Waals surface area contributed by atoms with E-state index in [9.17, 15) is 9.90 Å². The highest BCUT2D eigenvalue weighted by Crippen LogP contribution is 2.18. The summed E-state index contributed by atoms with van der Waals surface area (Å²) in [5, 5.41) is 13.3. The van der Waals surface area contributed by atoms with Crippen LogP contribution in [0.25, 0.3) is 10.9 Å². The molecule has 0 aliphatic rings. The second-order valence-electron chi connectivity index (χ2n) is 4.80. The van der Waals surface area contributed by atoms with Crippen molar-refractivity contribution >= 4 is 16.8 Å². The number of aliphatic hydroxyl groups excluding tert-OH is 1. The van der Waals surface area contributed by atoms with E-state index in [1.165, 1.54) is 0 Å². The van der Waals surface area contributed by atoms with Crippen LogP contribution in [0.15, 0.2) is 30.3 Å². The number of aromatic nitrogens is 1. The molecule has 0 bridgehead atoms. The summed E-state index contributed by atoms with van der Waals surface area (Å²) < 4.78 is 1.99. The summed E-state index contributed by atoms with van der Waals surface area (Å²) in [6, 6.07) is 10.1. The van der Waals surface area contributed by atoms with E-state index < -0.39 is 6.10 Å². The average Bonchev–Trinajstić information content (AvgIpc) is 2.72. The summed E-state index contributed by atoms with van der Waals surface area (Å²) in [7, 11) is 0. The molecule has 1 aromatic carbocycles. The fraction of sp³-hybridized carbons (Fsp3) is 0.400. The van der Waals surface area contributed by atoms with Crippen molar-refractivity contribution in [3.8, 4) is 0 Å². The summed E-state index contributed by atoms with van der Waals surface area (Å²) in [4.78, 5) is 11.9. The number of hydrogen-bond acceptors (Lipinski definition) is 2. The number of fused-ring (bicyclic) bond motifs is 1. The monoisotopic (exact) mass is 260 g/mol. The topological polar surface area (TPSA) is 54.3 Å². The smallest absolute Gasteiger partial charge is 0.240 e. The van der Waals surface area contributed by atoms with Crippen LogP contribution in [0.5, 0.6) is 0 Å². The van der Waals surface area contributed by atoms with E-state index >= 15 is 0 Å². The van der Waals surface area contributed by atoms with Crippen LogP contribution in [0.1, 0.15) is 19.0 Å². The van der Waals surface area contributed by atoms with Crippen molar-refractivity contribution in [2.24, 2.45) is 0 Å². The summed E-state index contributed by atoms with van der Waals surface area (Å²) in [5.74, 6) is -0.0723. The Kier molecular flexibility index (Phi) is 4.22. The van der Waals surface area contributed by atoms with Crippen LogP contribution in [-0.2, 0) is 11.3 Å². The molecule has 102 valence electrons. The summed E-state index contributed by atoms with van der Waals surface area (Å²) >= 11 is 0. The number of carbonyl (C=O) groups is 1. The maximum Gasteiger partial charge on any atom is 0.240 e. The molecule has 1 heterocycles. The molecule has 2 N–H and O–H groups in total. The third-order valence-corrected chi connectivity index (χ3v) is 3.33. The molecule has 19 heavy (non-hydrogen) atoms. The van der Waals surface area contributed by atoms with Crippen LogP contribution in [0, 0.1) is 6.92 Å². The normalized spacial score (nSPS) is 12.6. The Bertz CT molecular complexity index is 575. The minimum atomic E-state index is -0.466. The fourth-order valence-electron chi connectivity index (χ4n) is 2.13. The van der Waals surface area contributed by atoms with Crippen LogP contribution >= 0.6 is 0 Å². The lowest BCUT2D eigenvalue weighted by Crippen LogP contribution is -2.34. The van der Waals surface area contributed by atoms with Crippen molar-refractivity contribution < 1.29 is 9.90 Å². The predicted molar refractivity (Wildman–Crippen MR) is 76.0 cm³/mol. The van der Waals surface area contributed by atoms with Gasteiger partial charge in [0.05, 0.1) is 6.10 Å². The zero-order chi connectivity index (χ0) is 13.8. The molecule has 0 aliphatic carbocycles. The molecule has 1 aromatic heterocycles. The van der Waals surface area contributed by atoms with Gasteiger partial charge in [-0.15, -0.1) is 0 Å². The Morgan fingerprint density at radius 2 is 2.16 bits per heavy atom. The second-order valence-corrected chi connectivity index (χ2v) is 4.80. The van der Waals surface area contributed by atoms with E-state index in [0.29, 0.717) is 13.0 Å². The quantitative estimate of drug-likeness (QED) is 0.862. The number of para-hydroxylation sites is 1. The van der Waals surface area contributed by atoms with Crippen LogP contribution in [0.4, 0.5) is 0 Å². The molecule has 0 radical (unpaired) electrons. The summed E-state index contributed by atoms with van der Waals surface area (Å²) in [6.45, 7) is 4.48. The molecule has 1 atom stereocenters. The van der Waals surface area contributed by atoms with Gasteiger partial charge in [-0.1, -0.05) is 25.1 Å². The number of rotatable bonds is 5. The highest BCUT2D eigenvalue weighted by molar-refractivity contribution is 5.84. The minimum absolute atomic E-state index is 0.0723. The Morgan fingerprint density at radius 3 is 2.89 bits per heavy atom. The molecule has 0 saturated heterocycles. The standard InChI is InChI=1S/C15H20N2O2/c1-3-13(18)9-16-15(19)10-17-11(2)8-12-6-4-5-7-14(12)17/h4-8,13,18H,3,9-10H2,1-2H3,(H,16,19). The molecule has 4 nitrogen and oxygen atoms in total. The number of benzene rings is 1. The highest BCUT2D eigenvalue weighted by atomic mass is 16.3. The molecule has 1 unspecified atom stereocenters. The van der Waals surface area contributed by atoms with E-state index in [1.54, 1.807) is 0 Å². The number of aliphatic hydroxyl groups is 1. The van der Waals surface area contributed by atoms with Crippen molar-refractivity contribution in [1.82, 2.24) is 9.88 Å². The van der Waals surface area contributed by atoms with E-state index in [4.69, 9.17) is 0 Å². The first-order valence-corrected chi connectivity index (χ1v) is 6.61. The lowest BCUT2D eigenvalue weighted by atomic mass is 10.2. The molecule has 0 fully saturated rings. The molecule has 1 amide bonds. The van der Waals surface area contributed by atoms with E-state index in [-0.39, 0.29) is 12.5 Å². The number of nitrogens with one attached hydrogen (secondary N) is 1. The summed E-state index contributed by atoms with van der Waals surface area (Å²) in [6.07, 6.45) is 0.178. The Labute approximate surface area is 113 Å². The maximum atomic E-state index is 11.9. The zero-order valence-corrected chi connectivity index (χ0v) is 11.4. The molecular formula is C15H20N2O2. The summed E-state index contributed by atoms with van der Waals surface area (Å²) in [5.41, 5.74) is 2.12. The third-order valence-electron chi connectivity index (χ3n) is 3.33. The van der Waals surface area contributed by atoms with Crippen molar-refractivity contribution in [1.29, 1.82) is 0 Å². The van der Waals surface area contributed by atoms with Crippen LogP contribution in [-0.4, -0.2) is 28.2 Å². The number of amides is 1. The molecule has 0 aliphatic heterocycles. The number of carbonyl (C=O) groups excluding carboxylic acids is 1. The van der Waals surface area contributed by atoms with Gasteiger partial charge in [0, 0.05) is 17.8 Å². The van der Waals surface area contributed by atoms with Gasteiger partial charge in [0.15, 0.2) is 0 Å². The number of aryl methyl sites for hydroxylation is 1. The number of hydrogen-bond donors (Lipinski definition) is 2. The van der Waals surface area contributed by atoms with Crippen LogP contribution in [0.3, 0.4) is 0 Å². The van der Waals surface area contributed by atoms with E-state index in [2.05, 4.69) is 11.4 Å². The maximum absolute atomic E-state index is 11.9. The van der Waals surface area contributed by atoms with Gasteiger partial charge in [-0.25, -0.2) is 0 Å². The lowest BCUT2D eigenvalue weighted by Gasteiger charge is -2.11. The first-order chi connectivity index (χ1) is 9.11. The van der Waals surface area contributed by atoms with Crippen LogP contribution < -0.4 is 5.32 Å². The van der Waals surface area contributed by atoms with Crippen molar-refractivity contribution in [2.45, 2.75) is 32.9 Å². The average molecular weight is 260 g/mol. The lowest BCUT2D eigenvalue weighted by molar-refractivity contribution is -0.122. The van der Waals surface area contributed by atoms with E-state index in [1.807, 2.05) is 42.7 Å². The molecule has 2 rings (SSSR count). The Hall–Kier alpha value is -1.81. The Balaban J connectivity index is 2.08. The zero-order valence-electron chi connectivity index (χ0n) is 11.4. The largest absolute Gasteiger partial charge is 0.391 e. The van der Waals surface area contributed by atoms with Crippen molar-refractivity contribution in [3.05, 3.63) is 36.0 Å². The van der Waals surface area contributed by atoms with Gasteiger partial charge in [0.2, 0.25) is 5.91 Å². The molecule has 4 heteroatoms. The number of nitrogens with zero attached hydrogens (tertiary/aromatic N) is 1. The van der Waals surface area contributed by atoms with Crippen molar-refractivity contribution in [2.75, 3.05) is 6.54 Å². The van der Waals surface area contributed by atoms with Gasteiger partial charge in [-0.3, -0.25) is 4.79 Å². The first-order valence-electron chi connectivity index (χ1n) is 6.61. The molecular weight excluding hydrogens is 240 g/mol. The highest BCUT2D eigenvalue weighted by Gasteiger charge is 2.10. The van der Waals surface area contributed by atoms with Gasteiger partial charge in [-0.05, 0) is 30.9 Å². The molecule has 0 saturated carbocycles. The molecule has 2 aromatic rings. The van der Waals surface area contributed by atoms with Crippen LogP contribution in [0.2, 0.25) is 0 Å². The molecule has 0 spiro atoms. The SMILES string of the molecule is CCC(O)CNC(=O)Cn1c(C)cc2ccccc21. The van der Waals surface area contributed by atoms with Gasteiger partial charge in [0.1, 0.15) is 6.54 Å². The van der Waals surface area contributed by atoms with Gasteiger partial charge in [-0.2, -0.15) is 0 Å². The van der Waals surface area contributed by atoms with Crippen molar-refractivity contribution in [3.63, 3.8) is 0 Å². The predicted octanol–water partition coefficient (Wildman–Crippen LogP) is 1.84. The third kappa shape index (κ3) is 3.15. The van der Waals surface area contributed by atoms with Gasteiger partial charge >= 0.3 is 0 Å². The second kappa shape index (κ2) is 5.89. The van der Waals surface area contributed by atoms with E-state index in [0.717, 1.165) is 16.6 Å². The Morgan fingerprint density at radius 1 is 1.42 bits per heavy atom. The van der Waals surface area contributed by atoms with Gasteiger partial charge < -0.3 is 15.0 Å².